The molecule has 5 rings (SSSR count). The standard InChI is InChI=1S/C34H36F4N4O4/c1-3-46-26-13-11-24(12-14-26)42-32(39-30-9-5-4-8-27(30)33(42)45)22(2)41(18-17-40-16-6-7-25(40)21-43)31(44)20-23-10-15-29(35)28(19-23)34(36,37)38/h4-5,8-15,19,22,25,43H,3,6-7,16-18,20-21H2,1-2H3/t22-,25+/m1/s1. The summed E-state index contributed by atoms with van der Waals surface area (Å²) < 4.78 is 61.4. The van der Waals surface area contributed by atoms with Crippen molar-refractivity contribution >= 4 is 16.8 Å². The highest BCUT2D eigenvalue weighted by Gasteiger charge is 2.35. The SMILES string of the molecule is CCOc1ccc(-n2c([C@@H](C)N(CCN3CCC[C@H]3CO)C(=O)Cc3ccc(F)c(C(F)(F)F)c3)nc3ccccc3c2=O)cc1. The quantitative estimate of drug-likeness (QED) is 0.217. The fourth-order valence-electron chi connectivity index (χ4n) is 6.02. The number of alkyl halides is 3. The van der Waals surface area contributed by atoms with Crippen LogP contribution in [-0.4, -0.2) is 69.3 Å². The van der Waals surface area contributed by atoms with E-state index >= 15 is 0 Å². The number of nitrogens with zero attached hydrogens (tertiary/aromatic N) is 4. The predicted octanol–water partition coefficient (Wildman–Crippen LogP) is 5.53. The van der Waals surface area contributed by atoms with E-state index in [0.29, 0.717) is 47.6 Å². The molecule has 0 spiro atoms. The third kappa shape index (κ3) is 7.07. The first-order valence-corrected chi connectivity index (χ1v) is 15.3. The van der Waals surface area contributed by atoms with E-state index in [1.165, 1.54) is 9.47 Å². The summed E-state index contributed by atoms with van der Waals surface area (Å²) >= 11 is 0. The number of likely N-dealkylation sites (tertiary alicyclic amines) is 1. The number of benzene rings is 3. The highest BCUT2D eigenvalue weighted by Crippen LogP contribution is 2.32. The lowest BCUT2D eigenvalue weighted by Crippen LogP contribution is -2.44. The highest BCUT2D eigenvalue weighted by atomic mass is 19.4. The van der Waals surface area contributed by atoms with Crippen LogP contribution in [0.2, 0.25) is 0 Å². The van der Waals surface area contributed by atoms with Crippen molar-refractivity contribution in [3.8, 4) is 11.4 Å². The third-order valence-electron chi connectivity index (χ3n) is 8.40. The number of fused-ring (bicyclic) bond motifs is 1. The Morgan fingerprint density at radius 2 is 1.87 bits per heavy atom. The second-order valence-corrected chi connectivity index (χ2v) is 11.3. The Labute approximate surface area is 263 Å². The zero-order valence-corrected chi connectivity index (χ0v) is 25.6. The maximum atomic E-state index is 14.0. The van der Waals surface area contributed by atoms with Crippen LogP contribution in [0.15, 0.2) is 71.5 Å². The highest BCUT2D eigenvalue weighted by molar-refractivity contribution is 5.80. The molecule has 3 aromatic carbocycles. The lowest BCUT2D eigenvalue weighted by atomic mass is 10.1. The van der Waals surface area contributed by atoms with Crippen molar-refractivity contribution in [2.24, 2.45) is 0 Å². The normalized spacial score (nSPS) is 16.1. The minimum absolute atomic E-state index is 0.000654. The fourth-order valence-corrected chi connectivity index (χ4v) is 6.02. The smallest absolute Gasteiger partial charge is 0.419 e. The van der Waals surface area contributed by atoms with Crippen LogP contribution >= 0.6 is 0 Å². The second kappa shape index (κ2) is 14.0. The number of ether oxygens (including phenoxy) is 1. The van der Waals surface area contributed by atoms with Crippen molar-refractivity contribution in [3.63, 3.8) is 0 Å². The molecule has 8 nitrogen and oxygen atoms in total. The first-order chi connectivity index (χ1) is 22.0. The maximum Gasteiger partial charge on any atom is 0.419 e. The Kier molecular flexibility index (Phi) is 10.1. The zero-order chi connectivity index (χ0) is 33.0. The van der Waals surface area contributed by atoms with Crippen LogP contribution < -0.4 is 10.3 Å². The first-order valence-electron chi connectivity index (χ1n) is 15.3. The van der Waals surface area contributed by atoms with Crippen LogP contribution in [0, 0.1) is 5.82 Å². The number of amides is 1. The molecular formula is C34H36F4N4O4. The van der Waals surface area contributed by atoms with Gasteiger partial charge in [0.25, 0.3) is 5.56 Å². The molecular weight excluding hydrogens is 604 g/mol. The molecule has 4 aromatic rings. The molecule has 1 fully saturated rings. The van der Waals surface area contributed by atoms with Gasteiger partial charge >= 0.3 is 6.18 Å². The number of hydrogen-bond acceptors (Lipinski definition) is 6. The average molecular weight is 641 g/mol. The van der Waals surface area contributed by atoms with Gasteiger partial charge in [-0.25, -0.2) is 9.37 Å². The number of aliphatic hydroxyl groups is 1. The number of aromatic nitrogens is 2. The van der Waals surface area contributed by atoms with Crippen LogP contribution in [0.1, 0.15) is 49.7 Å². The molecule has 244 valence electrons. The summed E-state index contributed by atoms with van der Waals surface area (Å²) in [6.07, 6.45) is -3.67. The van der Waals surface area contributed by atoms with Crippen LogP contribution in [0.5, 0.6) is 5.75 Å². The van der Waals surface area contributed by atoms with E-state index in [1.807, 2.05) is 6.92 Å². The van der Waals surface area contributed by atoms with E-state index in [4.69, 9.17) is 9.72 Å². The summed E-state index contributed by atoms with van der Waals surface area (Å²) in [5.41, 5.74) is -0.870. The van der Waals surface area contributed by atoms with Crippen LogP contribution in [0.25, 0.3) is 16.6 Å². The van der Waals surface area contributed by atoms with E-state index in [0.717, 1.165) is 25.5 Å². The van der Waals surface area contributed by atoms with Crippen molar-refractivity contribution < 1.29 is 32.2 Å². The number of rotatable bonds is 11. The van der Waals surface area contributed by atoms with Gasteiger partial charge in [-0.3, -0.25) is 19.1 Å². The lowest BCUT2D eigenvalue weighted by Gasteiger charge is -2.33. The van der Waals surface area contributed by atoms with E-state index < -0.39 is 35.9 Å². The maximum absolute atomic E-state index is 14.0. The van der Waals surface area contributed by atoms with E-state index in [2.05, 4.69) is 4.90 Å². The lowest BCUT2D eigenvalue weighted by molar-refractivity contribution is -0.140. The van der Waals surface area contributed by atoms with Crippen LogP contribution in [-0.2, 0) is 17.4 Å². The second-order valence-electron chi connectivity index (χ2n) is 11.3. The summed E-state index contributed by atoms with van der Waals surface area (Å²) in [4.78, 5) is 36.4. The number of carbonyl (C=O) groups is 1. The molecule has 2 heterocycles. The van der Waals surface area contributed by atoms with Crippen molar-refractivity contribution in [2.45, 2.75) is 51.4 Å². The molecule has 0 saturated carbocycles. The van der Waals surface area contributed by atoms with Crippen LogP contribution in [0.3, 0.4) is 0 Å². The minimum atomic E-state index is -4.92. The van der Waals surface area contributed by atoms with Gasteiger partial charge in [0.05, 0.1) is 47.8 Å². The van der Waals surface area contributed by atoms with Gasteiger partial charge in [-0.15, -0.1) is 0 Å². The molecule has 1 amide bonds. The topological polar surface area (TPSA) is 87.9 Å². The fraction of sp³-hybridized carbons (Fsp3) is 0.382. The van der Waals surface area contributed by atoms with Crippen molar-refractivity contribution in [1.82, 2.24) is 19.4 Å². The number of para-hydroxylation sites is 1. The zero-order valence-electron chi connectivity index (χ0n) is 25.6. The third-order valence-corrected chi connectivity index (χ3v) is 8.40. The number of halogens is 4. The summed E-state index contributed by atoms with van der Waals surface area (Å²) in [5.74, 6) is -1.07. The van der Waals surface area contributed by atoms with Crippen LogP contribution in [0.4, 0.5) is 17.6 Å². The molecule has 2 atom stereocenters. The molecule has 1 N–H and O–H groups in total. The van der Waals surface area contributed by atoms with E-state index in [9.17, 15) is 32.3 Å². The Bertz CT molecular complexity index is 1740. The van der Waals surface area contributed by atoms with Crippen molar-refractivity contribution in [2.75, 3.05) is 32.8 Å². The summed E-state index contributed by atoms with van der Waals surface area (Å²) in [6, 6.07) is 15.4. The minimum Gasteiger partial charge on any atom is -0.494 e. The van der Waals surface area contributed by atoms with E-state index in [-0.39, 0.29) is 36.1 Å². The van der Waals surface area contributed by atoms with Gasteiger partial charge in [-0.05, 0) is 87.3 Å². The molecule has 1 aliphatic rings. The number of aliphatic hydroxyl groups excluding tert-OH is 1. The van der Waals surface area contributed by atoms with Gasteiger partial charge < -0.3 is 14.7 Å². The largest absolute Gasteiger partial charge is 0.494 e. The summed E-state index contributed by atoms with van der Waals surface area (Å²) in [6.45, 7) is 5.26. The molecule has 0 aliphatic carbocycles. The Hall–Kier alpha value is -4.29. The molecule has 1 saturated heterocycles. The van der Waals surface area contributed by atoms with Gasteiger partial charge in [0.15, 0.2) is 0 Å². The first kappa shape index (κ1) is 33.1. The molecule has 12 heteroatoms. The molecule has 0 radical (unpaired) electrons. The van der Waals surface area contributed by atoms with Gasteiger partial charge in [0.1, 0.15) is 17.4 Å². The molecule has 1 aliphatic heterocycles. The molecule has 1 aromatic heterocycles. The number of carbonyl (C=O) groups excluding carboxylic acids is 1. The summed E-state index contributed by atoms with van der Waals surface area (Å²) in [7, 11) is 0. The van der Waals surface area contributed by atoms with Gasteiger partial charge in [0.2, 0.25) is 5.91 Å². The van der Waals surface area contributed by atoms with Gasteiger partial charge in [-0.1, -0.05) is 18.2 Å². The summed E-state index contributed by atoms with van der Waals surface area (Å²) in [5, 5.41) is 10.2. The van der Waals surface area contributed by atoms with Crippen molar-refractivity contribution in [3.05, 3.63) is 99.9 Å². The number of hydrogen-bond donors (Lipinski definition) is 1. The Balaban J connectivity index is 1.57. The van der Waals surface area contributed by atoms with E-state index in [1.54, 1.807) is 55.5 Å². The molecule has 0 unspecified atom stereocenters. The van der Waals surface area contributed by atoms with Gasteiger partial charge in [-0.2, -0.15) is 13.2 Å². The van der Waals surface area contributed by atoms with Gasteiger partial charge in [0, 0.05) is 19.1 Å². The monoisotopic (exact) mass is 640 g/mol. The predicted molar refractivity (Wildman–Crippen MR) is 165 cm³/mol. The molecule has 46 heavy (non-hydrogen) atoms. The molecule has 0 bridgehead atoms. The Morgan fingerprint density at radius 3 is 2.57 bits per heavy atom. The Morgan fingerprint density at radius 1 is 1.13 bits per heavy atom. The average Bonchev–Trinajstić information content (AvgIpc) is 3.50. The van der Waals surface area contributed by atoms with Crippen molar-refractivity contribution in [1.29, 1.82) is 0 Å².